The zero-order valence-corrected chi connectivity index (χ0v) is 12.0. The Kier molecular flexibility index (Phi) is 3.70. The number of carbonyl (C=O) groups excluding carboxylic acids is 5. The van der Waals surface area contributed by atoms with Gasteiger partial charge in [0.15, 0.2) is 6.10 Å². The van der Waals surface area contributed by atoms with E-state index < -0.39 is 42.1 Å². The Bertz CT molecular complexity index is 796. The van der Waals surface area contributed by atoms with Crippen molar-refractivity contribution in [1.29, 1.82) is 0 Å². The number of rotatable bonds is 3. The number of benzene rings is 1. The molecule has 9 nitrogen and oxygen atoms in total. The van der Waals surface area contributed by atoms with Gasteiger partial charge < -0.3 is 4.74 Å². The van der Waals surface area contributed by atoms with E-state index in [0.29, 0.717) is 0 Å². The largest absolute Gasteiger partial charge is 0.448 e. The summed E-state index contributed by atoms with van der Waals surface area (Å²) >= 11 is 0. The van der Waals surface area contributed by atoms with Crippen LogP contribution in [0.15, 0.2) is 36.4 Å². The standard InChI is InChI=1S/C15H10N2O7/c18-11-4-5-12(19)16(11)9-3-1-2-8(6-9)15(22)24-10-7-13(20)17(23)14(10)21/h1-6,10,23H,7H2. The lowest BCUT2D eigenvalue weighted by Crippen LogP contribution is -2.31. The highest BCUT2D eigenvalue weighted by molar-refractivity contribution is 6.28. The summed E-state index contributed by atoms with van der Waals surface area (Å²) in [5.41, 5.74) is 0.152. The van der Waals surface area contributed by atoms with Crippen molar-refractivity contribution < 1.29 is 33.9 Å². The van der Waals surface area contributed by atoms with Crippen molar-refractivity contribution in [3.05, 3.63) is 42.0 Å². The maximum Gasteiger partial charge on any atom is 0.339 e. The van der Waals surface area contributed by atoms with E-state index in [1.54, 1.807) is 0 Å². The third-order valence-electron chi connectivity index (χ3n) is 3.48. The van der Waals surface area contributed by atoms with Gasteiger partial charge in [-0.05, 0) is 18.2 Å². The smallest absolute Gasteiger partial charge is 0.339 e. The molecule has 1 unspecified atom stereocenters. The zero-order chi connectivity index (χ0) is 17.4. The van der Waals surface area contributed by atoms with Gasteiger partial charge in [0.05, 0.1) is 17.7 Å². The molecule has 0 aliphatic carbocycles. The first-order chi connectivity index (χ1) is 11.4. The molecule has 3 rings (SSSR count). The lowest BCUT2D eigenvalue weighted by molar-refractivity contribution is -0.173. The van der Waals surface area contributed by atoms with Gasteiger partial charge in [0, 0.05) is 12.2 Å². The normalized spacial score (nSPS) is 20.3. The van der Waals surface area contributed by atoms with E-state index in [-0.39, 0.29) is 16.3 Å². The van der Waals surface area contributed by atoms with Crippen molar-refractivity contribution in [2.24, 2.45) is 0 Å². The van der Waals surface area contributed by atoms with Crippen LogP contribution in [-0.4, -0.2) is 46.0 Å². The molecule has 1 aromatic rings. The van der Waals surface area contributed by atoms with Crippen LogP contribution in [0.2, 0.25) is 0 Å². The molecule has 2 aliphatic heterocycles. The van der Waals surface area contributed by atoms with Gasteiger partial charge in [-0.3, -0.25) is 24.4 Å². The van der Waals surface area contributed by atoms with Crippen molar-refractivity contribution in [2.45, 2.75) is 12.5 Å². The molecule has 24 heavy (non-hydrogen) atoms. The molecule has 1 saturated heterocycles. The van der Waals surface area contributed by atoms with E-state index >= 15 is 0 Å². The van der Waals surface area contributed by atoms with Crippen molar-refractivity contribution in [1.82, 2.24) is 5.06 Å². The van der Waals surface area contributed by atoms with E-state index in [1.807, 2.05) is 0 Å². The number of ether oxygens (including phenoxy) is 1. The maximum absolute atomic E-state index is 12.1. The van der Waals surface area contributed by atoms with Gasteiger partial charge in [-0.15, -0.1) is 0 Å². The summed E-state index contributed by atoms with van der Waals surface area (Å²) in [4.78, 5) is 59.0. The first-order valence-corrected chi connectivity index (χ1v) is 6.81. The highest BCUT2D eigenvalue weighted by Crippen LogP contribution is 2.22. The fourth-order valence-electron chi connectivity index (χ4n) is 2.31. The molecule has 1 fully saturated rings. The Morgan fingerprint density at radius 3 is 2.38 bits per heavy atom. The van der Waals surface area contributed by atoms with Crippen LogP contribution in [0, 0.1) is 0 Å². The number of carbonyl (C=O) groups is 5. The van der Waals surface area contributed by atoms with E-state index in [9.17, 15) is 24.0 Å². The van der Waals surface area contributed by atoms with Crippen LogP contribution in [0.4, 0.5) is 5.69 Å². The molecular weight excluding hydrogens is 320 g/mol. The number of imide groups is 2. The molecular formula is C15H10N2O7. The number of amides is 4. The van der Waals surface area contributed by atoms with Crippen molar-refractivity contribution in [3.8, 4) is 0 Å². The monoisotopic (exact) mass is 330 g/mol. The molecule has 0 saturated carbocycles. The summed E-state index contributed by atoms with van der Waals surface area (Å²) in [6.45, 7) is 0. The Balaban J connectivity index is 1.78. The van der Waals surface area contributed by atoms with E-state index in [4.69, 9.17) is 9.94 Å². The second-order valence-corrected chi connectivity index (χ2v) is 5.04. The molecule has 1 N–H and O–H groups in total. The van der Waals surface area contributed by atoms with Gasteiger partial charge in [-0.2, -0.15) is 5.06 Å². The summed E-state index contributed by atoms with van der Waals surface area (Å²) in [5, 5.41) is 9.02. The van der Waals surface area contributed by atoms with E-state index in [1.165, 1.54) is 24.3 Å². The number of hydrogen-bond acceptors (Lipinski definition) is 7. The van der Waals surface area contributed by atoms with Gasteiger partial charge in [0.25, 0.3) is 23.6 Å². The third-order valence-corrected chi connectivity index (χ3v) is 3.48. The molecule has 0 aromatic heterocycles. The quantitative estimate of drug-likeness (QED) is 0.462. The molecule has 0 radical (unpaired) electrons. The molecule has 9 heteroatoms. The fourth-order valence-corrected chi connectivity index (χ4v) is 2.31. The van der Waals surface area contributed by atoms with Crippen LogP contribution in [0.3, 0.4) is 0 Å². The van der Waals surface area contributed by atoms with E-state index in [0.717, 1.165) is 17.1 Å². The second-order valence-electron chi connectivity index (χ2n) is 5.04. The Labute approximate surface area is 134 Å². The predicted octanol–water partition coefficient (Wildman–Crippen LogP) is -0.211. The highest BCUT2D eigenvalue weighted by atomic mass is 16.6. The molecule has 2 heterocycles. The van der Waals surface area contributed by atoms with Crippen LogP contribution in [0.5, 0.6) is 0 Å². The minimum Gasteiger partial charge on any atom is -0.448 e. The lowest BCUT2D eigenvalue weighted by atomic mass is 10.2. The Morgan fingerprint density at radius 1 is 1.12 bits per heavy atom. The SMILES string of the molecule is O=C(OC1CC(=O)N(O)C1=O)c1cccc(N2C(=O)C=CC2=O)c1. The van der Waals surface area contributed by atoms with Crippen LogP contribution in [-0.2, 0) is 23.9 Å². The number of hydrogen-bond donors (Lipinski definition) is 1. The van der Waals surface area contributed by atoms with Crippen LogP contribution in [0.1, 0.15) is 16.8 Å². The Morgan fingerprint density at radius 2 is 1.79 bits per heavy atom. The van der Waals surface area contributed by atoms with Crippen LogP contribution < -0.4 is 4.90 Å². The first-order valence-electron chi connectivity index (χ1n) is 6.81. The third kappa shape index (κ3) is 2.57. The molecule has 0 bridgehead atoms. The summed E-state index contributed by atoms with van der Waals surface area (Å²) < 4.78 is 4.91. The summed E-state index contributed by atoms with van der Waals surface area (Å²) in [6.07, 6.45) is 0.349. The molecule has 4 amide bonds. The van der Waals surface area contributed by atoms with Crippen molar-refractivity contribution >= 4 is 35.3 Å². The van der Waals surface area contributed by atoms with Gasteiger partial charge in [0.2, 0.25) is 0 Å². The molecule has 2 aliphatic rings. The summed E-state index contributed by atoms with van der Waals surface area (Å²) in [7, 11) is 0. The molecule has 1 atom stereocenters. The fraction of sp³-hybridized carbons (Fsp3) is 0.133. The topological polar surface area (TPSA) is 121 Å². The van der Waals surface area contributed by atoms with Crippen molar-refractivity contribution in [2.75, 3.05) is 4.90 Å². The number of esters is 1. The summed E-state index contributed by atoms with van der Waals surface area (Å²) in [5.74, 6) is -3.91. The predicted molar refractivity (Wildman–Crippen MR) is 75.5 cm³/mol. The van der Waals surface area contributed by atoms with Crippen LogP contribution >= 0.6 is 0 Å². The summed E-state index contributed by atoms with van der Waals surface area (Å²) in [6, 6.07) is 5.51. The average molecular weight is 330 g/mol. The van der Waals surface area contributed by atoms with Gasteiger partial charge in [-0.1, -0.05) is 6.07 Å². The van der Waals surface area contributed by atoms with Crippen molar-refractivity contribution in [3.63, 3.8) is 0 Å². The van der Waals surface area contributed by atoms with Gasteiger partial charge >= 0.3 is 5.97 Å². The van der Waals surface area contributed by atoms with E-state index in [2.05, 4.69) is 0 Å². The average Bonchev–Trinajstić information content (AvgIpc) is 3.02. The number of nitrogens with zero attached hydrogens (tertiary/aromatic N) is 2. The molecule has 1 aromatic carbocycles. The zero-order valence-electron chi connectivity index (χ0n) is 12.0. The Hall–Kier alpha value is -3.33. The highest BCUT2D eigenvalue weighted by Gasteiger charge is 2.41. The van der Waals surface area contributed by atoms with Gasteiger partial charge in [-0.25, -0.2) is 9.69 Å². The number of hydroxylamine groups is 2. The number of anilines is 1. The minimum atomic E-state index is -1.41. The lowest BCUT2D eigenvalue weighted by Gasteiger charge is -2.15. The minimum absolute atomic E-state index is 0.0170. The first kappa shape index (κ1) is 15.6. The second kappa shape index (κ2) is 5.70. The van der Waals surface area contributed by atoms with Gasteiger partial charge in [0.1, 0.15) is 0 Å². The molecule has 0 spiro atoms. The molecule has 122 valence electrons. The van der Waals surface area contributed by atoms with Crippen LogP contribution in [0.25, 0.3) is 0 Å². The maximum atomic E-state index is 12.1.